The first-order chi connectivity index (χ1) is 12.6. The molecule has 0 unspecified atom stereocenters. The van der Waals surface area contributed by atoms with E-state index in [-0.39, 0.29) is 25.0 Å². The third-order valence-electron chi connectivity index (χ3n) is 4.68. The van der Waals surface area contributed by atoms with E-state index in [9.17, 15) is 13.2 Å². The zero-order chi connectivity index (χ0) is 20.2. The average molecular weight is 389 g/mol. The van der Waals surface area contributed by atoms with Crippen molar-refractivity contribution >= 4 is 15.9 Å². The monoisotopic (exact) mass is 388 g/mol. The largest absolute Gasteiger partial charge is 0.348 e. The summed E-state index contributed by atoms with van der Waals surface area (Å²) in [5, 5.41) is 2.90. The summed E-state index contributed by atoms with van der Waals surface area (Å²) < 4.78 is 25.4. The lowest BCUT2D eigenvalue weighted by Gasteiger charge is -2.22. The third kappa shape index (κ3) is 6.19. The summed E-state index contributed by atoms with van der Waals surface area (Å²) in [4.78, 5) is 12.5. The van der Waals surface area contributed by atoms with Crippen LogP contribution in [0.4, 0.5) is 0 Å². The Balaban J connectivity index is 2.06. The molecule has 2 rings (SSSR count). The summed E-state index contributed by atoms with van der Waals surface area (Å²) in [7, 11) is -3.51. The van der Waals surface area contributed by atoms with Crippen LogP contribution in [0.1, 0.15) is 40.8 Å². The van der Waals surface area contributed by atoms with Gasteiger partial charge in [0.1, 0.15) is 0 Å². The van der Waals surface area contributed by atoms with Crippen molar-refractivity contribution in [1.29, 1.82) is 0 Å². The first-order valence-corrected chi connectivity index (χ1v) is 10.8. The van der Waals surface area contributed by atoms with Crippen LogP contribution in [0.25, 0.3) is 0 Å². The number of rotatable bonds is 7. The first-order valence-electron chi connectivity index (χ1n) is 8.93. The quantitative estimate of drug-likeness (QED) is 0.792. The van der Waals surface area contributed by atoms with Crippen LogP contribution in [0.5, 0.6) is 0 Å². The maximum atomic E-state index is 12.5. The van der Waals surface area contributed by atoms with Crippen LogP contribution in [0.2, 0.25) is 0 Å². The lowest BCUT2D eigenvalue weighted by Crippen LogP contribution is -2.40. The number of hydrogen-bond donors (Lipinski definition) is 1. The molecule has 5 nitrogen and oxygen atoms in total. The van der Waals surface area contributed by atoms with Crippen LogP contribution in [0.15, 0.2) is 42.5 Å². The van der Waals surface area contributed by atoms with Gasteiger partial charge in [0, 0.05) is 6.54 Å². The van der Waals surface area contributed by atoms with Crippen LogP contribution < -0.4 is 5.32 Å². The van der Waals surface area contributed by atoms with Crippen molar-refractivity contribution < 1.29 is 13.2 Å². The molecular formula is C21H28N2O3S. The summed E-state index contributed by atoms with van der Waals surface area (Å²) in [5.74, 6) is -0.321. The van der Waals surface area contributed by atoms with E-state index in [4.69, 9.17) is 0 Å². The van der Waals surface area contributed by atoms with Gasteiger partial charge in [-0.25, -0.2) is 8.42 Å². The normalized spacial score (nSPS) is 12.8. The van der Waals surface area contributed by atoms with E-state index in [1.807, 2.05) is 70.2 Å². The van der Waals surface area contributed by atoms with E-state index >= 15 is 0 Å². The minimum Gasteiger partial charge on any atom is -0.348 e. The van der Waals surface area contributed by atoms with Crippen molar-refractivity contribution in [3.8, 4) is 0 Å². The molecule has 0 spiro atoms. The van der Waals surface area contributed by atoms with Crippen LogP contribution in [0, 0.1) is 20.8 Å². The zero-order valence-electron chi connectivity index (χ0n) is 16.6. The van der Waals surface area contributed by atoms with Gasteiger partial charge in [-0.15, -0.1) is 0 Å². The number of aryl methyl sites for hydroxylation is 3. The molecule has 0 aromatic heterocycles. The predicted molar refractivity (Wildman–Crippen MR) is 109 cm³/mol. The van der Waals surface area contributed by atoms with E-state index in [0.717, 1.165) is 28.5 Å². The number of benzene rings is 2. The average Bonchev–Trinajstić information content (AvgIpc) is 2.57. The van der Waals surface area contributed by atoms with E-state index in [1.165, 1.54) is 9.87 Å². The molecule has 0 radical (unpaired) electrons. The summed E-state index contributed by atoms with van der Waals surface area (Å²) in [6, 6.07) is 13.5. The smallest absolute Gasteiger partial charge is 0.235 e. The molecule has 1 amide bonds. The van der Waals surface area contributed by atoms with Gasteiger partial charge in [0.05, 0.1) is 18.8 Å². The molecule has 6 heteroatoms. The Morgan fingerprint density at radius 2 is 1.67 bits per heavy atom. The van der Waals surface area contributed by atoms with Gasteiger partial charge in [0.2, 0.25) is 15.9 Å². The number of nitrogens with one attached hydrogen (secondary N) is 1. The molecule has 0 bridgehead atoms. The third-order valence-corrected chi connectivity index (χ3v) is 5.87. The molecule has 2 aromatic carbocycles. The second-order valence-corrected chi connectivity index (χ2v) is 9.13. The molecule has 0 aliphatic carbocycles. The van der Waals surface area contributed by atoms with Crippen molar-refractivity contribution in [2.45, 2.75) is 40.3 Å². The van der Waals surface area contributed by atoms with E-state index in [1.54, 1.807) is 0 Å². The van der Waals surface area contributed by atoms with Gasteiger partial charge in [-0.1, -0.05) is 48.0 Å². The van der Waals surface area contributed by atoms with Gasteiger partial charge < -0.3 is 5.32 Å². The molecule has 2 aromatic rings. The zero-order valence-corrected chi connectivity index (χ0v) is 17.4. The second kappa shape index (κ2) is 8.67. The second-order valence-electron chi connectivity index (χ2n) is 7.15. The fourth-order valence-corrected chi connectivity index (χ4v) is 3.49. The number of carbonyl (C=O) groups is 1. The highest BCUT2D eigenvalue weighted by Crippen LogP contribution is 2.17. The highest BCUT2D eigenvalue weighted by atomic mass is 32.2. The summed E-state index contributed by atoms with van der Waals surface area (Å²) in [6.45, 7) is 7.90. The highest BCUT2D eigenvalue weighted by molar-refractivity contribution is 7.88. The molecule has 0 aliphatic heterocycles. The Morgan fingerprint density at radius 3 is 2.22 bits per heavy atom. The van der Waals surface area contributed by atoms with Crippen LogP contribution in [-0.4, -0.2) is 31.4 Å². The molecule has 0 heterocycles. The lowest BCUT2D eigenvalue weighted by atomic mass is 10.0. The van der Waals surface area contributed by atoms with Crippen molar-refractivity contribution in [1.82, 2.24) is 9.62 Å². The minimum atomic E-state index is -3.51. The van der Waals surface area contributed by atoms with Gasteiger partial charge in [-0.2, -0.15) is 4.31 Å². The Labute approximate surface area is 162 Å². The molecule has 0 fully saturated rings. The SMILES string of the molecule is Cc1ccc(CN(CC(=O)N[C@H](C)c2ccc(C)c(C)c2)S(C)(=O)=O)cc1. The molecule has 0 aliphatic rings. The number of hydrogen-bond acceptors (Lipinski definition) is 3. The summed E-state index contributed by atoms with van der Waals surface area (Å²) >= 11 is 0. The molecule has 0 saturated heterocycles. The molecule has 1 N–H and O–H groups in total. The lowest BCUT2D eigenvalue weighted by molar-refractivity contribution is -0.122. The van der Waals surface area contributed by atoms with Crippen molar-refractivity contribution in [2.24, 2.45) is 0 Å². The maximum Gasteiger partial charge on any atom is 0.235 e. The maximum absolute atomic E-state index is 12.5. The minimum absolute atomic E-state index is 0.171. The standard InChI is InChI=1S/C21H28N2O3S/c1-15-6-9-19(10-7-15)13-23(27(5,25)26)14-21(24)22-18(4)20-11-8-16(2)17(3)12-20/h6-12,18H,13-14H2,1-5H3,(H,22,24)/t18-/m1/s1. The number of amides is 1. The van der Waals surface area contributed by atoms with Gasteiger partial charge in [-0.3, -0.25) is 4.79 Å². The Morgan fingerprint density at radius 1 is 1.04 bits per heavy atom. The Hall–Kier alpha value is -2.18. The van der Waals surface area contributed by atoms with E-state index < -0.39 is 10.0 Å². The predicted octanol–water partition coefficient (Wildman–Crippen LogP) is 3.25. The van der Waals surface area contributed by atoms with Gasteiger partial charge in [0.25, 0.3) is 0 Å². The van der Waals surface area contributed by atoms with Crippen molar-refractivity contribution in [3.63, 3.8) is 0 Å². The molecule has 146 valence electrons. The summed E-state index contributed by atoms with van der Waals surface area (Å²) in [6.07, 6.45) is 1.13. The molecule has 27 heavy (non-hydrogen) atoms. The molecule has 1 atom stereocenters. The van der Waals surface area contributed by atoms with Crippen LogP contribution in [0.3, 0.4) is 0 Å². The number of sulfonamides is 1. The van der Waals surface area contributed by atoms with Gasteiger partial charge in [-0.05, 0) is 49.9 Å². The van der Waals surface area contributed by atoms with Crippen molar-refractivity contribution in [3.05, 3.63) is 70.3 Å². The first kappa shape index (κ1) is 21.1. The van der Waals surface area contributed by atoms with Gasteiger partial charge in [0.15, 0.2) is 0 Å². The highest BCUT2D eigenvalue weighted by Gasteiger charge is 2.21. The topological polar surface area (TPSA) is 66.5 Å². The van der Waals surface area contributed by atoms with Crippen LogP contribution >= 0.6 is 0 Å². The fraction of sp³-hybridized carbons (Fsp3) is 0.381. The number of carbonyl (C=O) groups excluding carboxylic acids is 1. The Kier molecular flexibility index (Phi) is 6.78. The molecule has 0 saturated carbocycles. The Bertz CT molecular complexity index is 906. The van der Waals surface area contributed by atoms with E-state index in [0.29, 0.717) is 0 Å². The summed E-state index contributed by atoms with van der Waals surface area (Å²) in [5.41, 5.74) is 5.30. The van der Waals surface area contributed by atoms with E-state index in [2.05, 4.69) is 5.32 Å². The van der Waals surface area contributed by atoms with Gasteiger partial charge >= 0.3 is 0 Å². The number of nitrogens with zero attached hydrogens (tertiary/aromatic N) is 1. The van der Waals surface area contributed by atoms with Crippen LogP contribution in [-0.2, 0) is 21.4 Å². The van der Waals surface area contributed by atoms with Crippen molar-refractivity contribution in [2.75, 3.05) is 12.8 Å². The fourth-order valence-electron chi connectivity index (χ4n) is 2.75. The molecular weight excluding hydrogens is 360 g/mol.